The number of hydrogen-bond donors (Lipinski definition) is 3. The van der Waals surface area contributed by atoms with Crippen molar-refractivity contribution in [2.24, 2.45) is 10.7 Å². The minimum absolute atomic E-state index is 0.0142. The van der Waals surface area contributed by atoms with E-state index in [9.17, 15) is 14.7 Å². The number of primary amides is 1. The number of nitrogens with two attached hydrogens (primary N) is 1. The first kappa shape index (κ1) is 13.7. The average Bonchev–Trinajstić information content (AvgIpc) is 2.30. The summed E-state index contributed by atoms with van der Waals surface area (Å²) in [7, 11) is 0. The molecule has 1 aromatic carbocycles. The Morgan fingerprint density at radius 2 is 2.06 bits per heavy atom. The molecule has 0 spiro atoms. The summed E-state index contributed by atoms with van der Waals surface area (Å²) in [6.07, 6.45) is 1.26. The largest absolute Gasteiger partial charge is 0.507 e. The normalized spacial score (nSPS) is 12.4. The third-order valence-electron chi connectivity index (χ3n) is 2.28. The predicted octanol–water partition coefficient (Wildman–Crippen LogP) is 0.530. The Hall–Kier alpha value is -2.37. The Kier molecular flexibility index (Phi) is 4.86. The van der Waals surface area contributed by atoms with E-state index < -0.39 is 17.9 Å². The highest BCUT2D eigenvalue weighted by molar-refractivity contribution is 5.86. The molecule has 0 bridgehead atoms. The van der Waals surface area contributed by atoms with E-state index in [4.69, 9.17) is 10.8 Å². The zero-order valence-electron chi connectivity index (χ0n) is 9.61. The Bertz CT molecular complexity index is 471. The van der Waals surface area contributed by atoms with Crippen LogP contribution in [-0.4, -0.2) is 34.3 Å². The monoisotopic (exact) mass is 250 g/mol. The predicted molar refractivity (Wildman–Crippen MR) is 65.6 cm³/mol. The number of phenols is 1. The van der Waals surface area contributed by atoms with Gasteiger partial charge in [-0.15, -0.1) is 0 Å². The van der Waals surface area contributed by atoms with Crippen LogP contribution in [0.3, 0.4) is 0 Å². The number of carbonyl (C=O) groups is 2. The number of carboxylic acid groups (broad SMARTS) is 1. The van der Waals surface area contributed by atoms with Gasteiger partial charge in [0.05, 0.1) is 0 Å². The van der Waals surface area contributed by atoms with Crippen molar-refractivity contribution in [1.82, 2.24) is 0 Å². The van der Waals surface area contributed by atoms with Crippen LogP contribution >= 0.6 is 0 Å². The van der Waals surface area contributed by atoms with Crippen molar-refractivity contribution in [2.75, 3.05) is 0 Å². The van der Waals surface area contributed by atoms with Crippen LogP contribution in [0, 0.1) is 0 Å². The fourth-order valence-electron chi connectivity index (χ4n) is 1.31. The van der Waals surface area contributed by atoms with Gasteiger partial charge in [-0.05, 0) is 18.6 Å². The molecule has 1 rings (SSSR count). The van der Waals surface area contributed by atoms with Crippen molar-refractivity contribution in [3.05, 3.63) is 29.8 Å². The van der Waals surface area contributed by atoms with Crippen LogP contribution in [0.1, 0.15) is 18.4 Å². The molecule has 0 fully saturated rings. The third kappa shape index (κ3) is 4.25. The van der Waals surface area contributed by atoms with Gasteiger partial charge in [0.2, 0.25) is 5.91 Å². The summed E-state index contributed by atoms with van der Waals surface area (Å²) in [5.41, 5.74) is 5.37. The van der Waals surface area contributed by atoms with E-state index in [2.05, 4.69) is 4.99 Å². The lowest BCUT2D eigenvalue weighted by Crippen LogP contribution is -2.21. The first-order valence-electron chi connectivity index (χ1n) is 5.33. The molecule has 0 radical (unpaired) electrons. The molecule has 4 N–H and O–H groups in total. The molecule has 6 nitrogen and oxygen atoms in total. The van der Waals surface area contributed by atoms with Crippen molar-refractivity contribution < 1.29 is 19.8 Å². The van der Waals surface area contributed by atoms with Crippen molar-refractivity contribution in [3.63, 3.8) is 0 Å². The van der Waals surface area contributed by atoms with Crippen molar-refractivity contribution >= 4 is 18.1 Å². The summed E-state index contributed by atoms with van der Waals surface area (Å²) in [5.74, 6) is -1.69. The zero-order chi connectivity index (χ0) is 13.5. The fourth-order valence-corrected chi connectivity index (χ4v) is 1.31. The topological polar surface area (TPSA) is 113 Å². The maximum atomic E-state index is 10.9. The van der Waals surface area contributed by atoms with Gasteiger partial charge in [-0.3, -0.25) is 9.79 Å². The highest BCUT2D eigenvalue weighted by atomic mass is 16.4. The number of carbonyl (C=O) groups excluding carboxylic acids is 1. The van der Waals surface area contributed by atoms with Crippen molar-refractivity contribution in [3.8, 4) is 5.75 Å². The molecule has 0 aromatic heterocycles. The molecule has 0 unspecified atom stereocenters. The van der Waals surface area contributed by atoms with E-state index >= 15 is 0 Å². The number of benzene rings is 1. The van der Waals surface area contributed by atoms with Crippen LogP contribution in [0.25, 0.3) is 0 Å². The van der Waals surface area contributed by atoms with Gasteiger partial charge in [-0.1, -0.05) is 12.1 Å². The number of para-hydroxylation sites is 1. The van der Waals surface area contributed by atoms with Gasteiger partial charge in [0.15, 0.2) is 0 Å². The highest BCUT2D eigenvalue weighted by Crippen LogP contribution is 2.13. The molecule has 0 saturated carbocycles. The van der Waals surface area contributed by atoms with Gasteiger partial charge in [-0.25, -0.2) is 4.79 Å². The van der Waals surface area contributed by atoms with Crippen LogP contribution in [0.2, 0.25) is 0 Å². The molecule has 18 heavy (non-hydrogen) atoms. The Morgan fingerprint density at radius 1 is 1.39 bits per heavy atom. The van der Waals surface area contributed by atoms with Gasteiger partial charge in [-0.2, -0.15) is 0 Å². The highest BCUT2D eigenvalue weighted by Gasteiger charge is 2.16. The number of phenolic OH excluding ortho intramolecular Hbond substituents is 1. The van der Waals surface area contributed by atoms with Gasteiger partial charge in [0.25, 0.3) is 0 Å². The van der Waals surface area contributed by atoms with Crippen LogP contribution in [-0.2, 0) is 9.59 Å². The summed E-state index contributed by atoms with van der Waals surface area (Å²) in [6, 6.07) is 5.37. The van der Waals surface area contributed by atoms with Gasteiger partial charge in [0, 0.05) is 18.2 Å². The molecule has 0 aliphatic carbocycles. The van der Waals surface area contributed by atoms with Gasteiger partial charge < -0.3 is 15.9 Å². The molecule has 96 valence electrons. The molecule has 1 amide bonds. The Balaban J connectivity index is 2.74. The molecule has 1 aromatic rings. The molecule has 6 heteroatoms. The first-order valence-corrected chi connectivity index (χ1v) is 5.33. The number of aromatic hydroxyl groups is 1. The number of amides is 1. The lowest BCUT2D eigenvalue weighted by molar-refractivity contribution is -0.138. The van der Waals surface area contributed by atoms with E-state index in [0.29, 0.717) is 5.56 Å². The van der Waals surface area contributed by atoms with Crippen LogP contribution in [0.5, 0.6) is 5.75 Å². The van der Waals surface area contributed by atoms with E-state index in [0.717, 1.165) is 0 Å². The molecule has 0 aliphatic heterocycles. The summed E-state index contributed by atoms with van der Waals surface area (Å²) >= 11 is 0. The summed E-state index contributed by atoms with van der Waals surface area (Å²) in [4.78, 5) is 25.3. The lowest BCUT2D eigenvalue weighted by atomic mass is 10.1. The number of hydrogen-bond acceptors (Lipinski definition) is 4. The summed E-state index contributed by atoms with van der Waals surface area (Å²) in [5, 5.41) is 18.4. The number of aliphatic carboxylic acids is 1. The maximum absolute atomic E-state index is 10.9. The van der Waals surface area contributed by atoms with Gasteiger partial charge >= 0.3 is 5.97 Å². The second kappa shape index (κ2) is 6.39. The lowest BCUT2D eigenvalue weighted by Gasteiger charge is -2.05. The SMILES string of the molecule is NC(=O)CC[C@H](N=Cc1ccccc1O)C(=O)O. The second-order valence-electron chi connectivity index (χ2n) is 3.70. The number of aliphatic imine (C=N–C) groups is 1. The molecular weight excluding hydrogens is 236 g/mol. The zero-order valence-corrected chi connectivity index (χ0v) is 9.61. The number of nitrogens with zero attached hydrogens (tertiary/aromatic N) is 1. The van der Waals surface area contributed by atoms with E-state index in [1.807, 2.05) is 0 Å². The maximum Gasteiger partial charge on any atom is 0.328 e. The Morgan fingerprint density at radius 3 is 2.61 bits per heavy atom. The Labute approximate surface area is 104 Å². The minimum Gasteiger partial charge on any atom is -0.507 e. The van der Waals surface area contributed by atoms with E-state index in [1.165, 1.54) is 12.3 Å². The summed E-state index contributed by atoms with van der Waals surface area (Å²) < 4.78 is 0. The number of rotatable bonds is 6. The van der Waals surface area contributed by atoms with Crippen LogP contribution < -0.4 is 5.73 Å². The first-order chi connectivity index (χ1) is 8.50. The molecule has 1 atom stereocenters. The van der Waals surface area contributed by atoms with E-state index in [-0.39, 0.29) is 18.6 Å². The van der Waals surface area contributed by atoms with E-state index in [1.54, 1.807) is 18.2 Å². The van der Waals surface area contributed by atoms with Crippen LogP contribution in [0.4, 0.5) is 0 Å². The minimum atomic E-state index is -1.14. The second-order valence-corrected chi connectivity index (χ2v) is 3.70. The molecular formula is C12H14N2O4. The third-order valence-corrected chi connectivity index (χ3v) is 2.28. The molecule has 0 heterocycles. The van der Waals surface area contributed by atoms with Crippen molar-refractivity contribution in [1.29, 1.82) is 0 Å². The van der Waals surface area contributed by atoms with Crippen molar-refractivity contribution in [2.45, 2.75) is 18.9 Å². The standard InChI is InChI=1S/C12H14N2O4/c13-11(16)6-5-9(12(17)18)14-7-8-3-1-2-4-10(8)15/h1-4,7,9,15H,5-6H2,(H2,13,16)(H,17,18)/t9-/m0/s1. The molecule has 0 saturated heterocycles. The number of carboxylic acids is 1. The van der Waals surface area contributed by atoms with Gasteiger partial charge in [0.1, 0.15) is 11.8 Å². The average molecular weight is 250 g/mol. The quantitative estimate of drug-likeness (QED) is 0.639. The smallest absolute Gasteiger partial charge is 0.328 e. The van der Waals surface area contributed by atoms with Crippen LogP contribution in [0.15, 0.2) is 29.3 Å². The molecule has 0 aliphatic rings. The fraction of sp³-hybridized carbons (Fsp3) is 0.250. The summed E-state index contributed by atoms with van der Waals surface area (Å²) in [6.45, 7) is 0.